The van der Waals surface area contributed by atoms with Crippen molar-refractivity contribution in [2.45, 2.75) is 29.0 Å². The molecule has 0 amide bonds. The van der Waals surface area contributed by atoms with Crippen LogP contribution in [0.5, 0.6) is 11.5 Å². The summed E-state index contributed by atoms with van der Waals surface area (Å²) in [5.74, 6) is 0.344. The van der Waals surface area contributed by atoms with Gasteiger partial charge in [0.05, 0.1) is 12.0 Å². The summed E-state index contributed by atoms with van der Waals surface area (Å²) in [6.07, 6.45) is 0.329. The van der Waals surface area contributed by atoms with Gasteiger partial charge >= 0.3 is 5.97 Å². The van der Waals surface area contributed by atoms with Crippen LogP contribution in [0.15, 0.2) is 83.8 Å². The minimum Gasteiger partial charge on any atom is -0.468 e. The van der Waals surface area contributed by atoms with Gasteiger partial charge in [0.15, 0.2) is 14.6 Å². The molecule has 1 heterocycles. The standard InChI is InChI=1S/C26H26ClNO5S/c1-32-25(29)26(15-17-28(18-16-26)19-20-5-3-2-4-6-20)34(30,31)24-13-11-23(12-14-24)33-22-9-7-21(27)8-10-22/h2-14H,15-19H2,1H3. The summed E-state index contributed by atoms with van der Waals surface area (Å²) in [5, 5.41) is 0.594. The van der Waals surface area contributed by atoms with E-state index in [9.17, 15) is 13.2 Å². The normalized spacial score (nSPS) is 16.1. The fourth-order valence-electron chi connectivity index (χ4n) is 4.23. The lowest BCUT2D eigenvalue weighted by Crippen LogP contribution is -2.54. The van der Waals surface area contributed by atoms with E-state index in [2.05, 4.69) is 4.90 Å². The predicted molar refractivity (Wildman–Crippen MR) is 131 cm³/mol. The van der Waals surface area contributed by atoms with Crippen LogP contribution in [0.3, 0.4) is 0 Å². The first-order valence-corrected chi connectivity index (χ1v) is 12.8. The van der Waals surface area contributed by atoms with Crippen molar-refractivity contribution < 1.29 is 22.7 Å². The van der Waals surface area contributed by atoms with Crippen molar-refractivity contribution in [3.63, 3.8) is 0 Å². The number of hydrogen-bond acceptors (Lipinski definition) is 6. The molecule has 1 saturated heterocycles. The third-order valence-electron chi connectivity index (χ3n) is 6.17. The number of nitrogens with zero attached hydrogens (tertiary/aromatic N) is 1. The molecule has 1 aliphatic heterocycles. The molecule has 3 aromatic carbocycles. The van der Waals surface area contributed by atoms with Crippen molar-refractivity contribution in [3.8, 4) is 11.5 Å². The van der Waals surface area contributed by atoms with Crippen LogP contribution in [0.25, 0.3) is 0 Å². The molecular weight excluding hydrogens is 474 g/mol. The monoisotopic (exact) mass is 499 g/mol. The van der Waals surface area contributed by atoms with Crippen molar-refractivity contribution in [3.05, 3.63) is 89.4 Å². The first-order chi connectivity index (χ1) is 16.3. The summed E-state index contributed by atoms with van der Waals surface area (Å²) in [6, 6.07) is 23.0. The van der Waals surface area contributed by atoms with Crippen molar-refractivity contribution >= 4 is 27.4 Å². The maximum absolute atomic E-state index is 13.7. The van der Waals surface area contributed by atoms with Gasteiger partial charge in [-0.15, -0.1) is 0 Å². The number of benzene rings is 3. The number of carbonyl (C=O) groups is 1. The van der Waals surface area contributed by atoms with Gasteiger partial charge in [0, 0.05) is 24.7 Å². The Balaban J connectivity index is 1.52. The van der Waals surface area contributed by atoms with Crippen molar-refractivity contribution in [1.29, 1.82) is 0 Å². The van der Waals surface area contributed by atoms with Crippen LogP contribution < -0.4 is 4.74 Å². The molecule has 0 atom stereocenters. The molecule has 34 heavy (non-hydrogen) atoms. The lowest BCUT2D eigenvalue weighted by atomic mass is 9.95. The highest BCUT2D eigenvalue weighted by molar-refractivity contribution is 7.93. The number of halogens is 1. The van der Waals surface area contributed by atoms with Crippen molar-refractivity contribution in [2.24, 2.45) is 0 Å². The topological polar surface area (TPSA) is 72.9 Å². The molecule has 0 aliphatic carbocycles. The average molecular weight is 500 g/mol. The Labute approximate surface area is 205 Å². The predicted octanol–water partition coefficient (Wildman–Crippen LogP) is 5.11. The number of sulfone groups is 1. The zero-order valence-corrected chi connectivity index (χ0v) is 20.4. The van der Waals surface area contributed by atoms with Crippen LogP contribution in [0.1, 0.15) is 18.4 Å². The molecule has 1 fully saturated rings. The fraction of sp³-hybridized carbons (Fsp3) is 0.269. The minimum absolute atomic E-state index is 0.0675. The van der Waals surface area contributed by atoms with Crippen LogP contribution >= 0.6 is 11.6 Å². The van der Waals surface area contributed by atoms with Crippen molar-refractivity contribution in [2.75, 3.05) is 20.2 Å². The van der Waals surface area contributed by atoms with E-state index in [1.54, 1.807) is 36.4 Å². The van der Waals surface area contributed by atoms with Gasteiger partial charge in [-0.2, -0.15) is 0 Å². The highest BCUT2D eigenvalue weighted by Crippen LogP contribution is 2.38. The molecule has 1 aliphatic rings. The Morgan fingerprint density at radius 2 is 1.47 bits per heavy atom. The molecule has 3 aromatic rings. The summed E-state index contributed by atoms with van der Waals surface area (Å²) in [6.45, 7) is 1.65. The van der Waals surface area contributed by atoms with Gasteiger partial charge < -0.3 is 9.47 Å². The molecule has 4 rings (SSSR count). The molecule has 178 valence electrons. The number of esters is 1. The number of ether oxygens (including phenoxy) is 2. The molecule has 0 unspecified atom stereocenters. The second kappa shape index (κ2) is 10.2. The zero-order valence-electron chi connectivity index (χ0n) is 18.8. The number of methoxy groups -OCH3 is 1. The summed E-state index contributed by atoms with van der Waals surface area (Å²) in [5.41, 5.74) is 1.15. The van der Waals surface area contributed by atoms with Gasteiger partial charge in [0.1, 0.15) is 11.5 Å². The Morgan fingerprint density at radius 3 is 2.03 bits per heavy atom. The van der Waals surface area contributed by atoms with Crippen LogP contribution in [0.4, 0.5) is 0 Å². The summed E-state index contributed by atoms with van der Waals surface area (Å²) in [7, 11) is -2.77. The SMILES string of the molecule is COC(=O)C1(S(=O)(=O)c2ccc(Oc3ccc(Cl)cc3)cc2)CCN(Cc2ccccc2)CC1. The molecule has 0 saturated carbocycles. The van der Waals surface area contributed by atoms with E-state index in [0.717, 1.165) is 5.56 Å². The largest absolute Gasteiger partial charge is 0.468 e. The summed E-state index contributed by atoms with van der Waals surface area (Å²) < 4.78 is 36.5. The maximum atomic E-state index is 13.7. The van der Waals surface area contributed by atoms with Crippen LogP contribution in [-0.4, -0.2) is 44.2 Å². The maximum Gasteiger partial charge on any atom is 0.327 e. The van der Waals surface area contributed by atoms with E-state index in [1.165, 1.54) is 19.2 Å². The molecule has 0 aromatic heterocycles. The number of rotatable bonds is 7. The first kappa shape index (κ1) is 24.3. The number of carbonyl (C=O) groups excluding carboxylic acids is 1. The van der Waals surface area contributed by atoms with E-state index < -0.39 is 20.6 Å². The Bertz CT molecular complexity index is 1220. The summed E-state index contributed by atoms with van der Waals surface area (Å²) in [4.78, 5) is 15.1. The Morgan fingerprint density at radius 1 is 0.912 bits per heavy atom. The second-order valence-electron chi connectivity index (χ2n) is 8.28. The third kappa shape index (κ3) is 4.97. The van der Waals surface area contributed by atoms with E-state index in [1.807, 2.05) is 30.3 Å². The lowest BCUT2D eigenvalue weighted by Gasteiger charge is -2.39. The van der Waals surface area contributed by atoms with E-state index in [4.69, 9.17) is 21.1 Å². The number of likely N-dealkylation sites (tertiary alicyclic amines) is 1. The molecule has 8 heteroatoms. The van der Waals surface area contributed by atoms with Gasteiger partial charge in [-0.05, 0) is 66.9 Å². The van der Waals surface area contributed by atoms with Crippen LogP contribution in [-0.2, 0) is 25.9 Å². The molecule has 0 spiro atoms. The van der Waals surface area contributed by atoms with Gasteiger partial charge in [0.25, 0.3) is 0 Å². The molecule has 6 nitrogen and oxygen atoms in total. The molecule has 0 radical (unpaired) electrons. The third-order valence-corrected chi connectivity index (χ3v) is 8.92. The Hall–Kier alpha value is -2.87. The fourth-order valence-corrected chi connectivity index (χ4v) is 6.33. The van der Waals surface area contributed by atoms with Gasteiger partial charge in [-0.3, -0.25) is 9.69 Å². The average Bonchev–Trinajstić information content (AvgIpc) is 2.86. The zero-order chi connectivity index (χ0) is 24.2. The summed E-state index contributed by atoms with van der Waals surface area (Å²) >= 11 is 5.90. The molecule has 0 bridgehead atoms. The molecule has 0 N–H and O–H groups in total. The van der Waals surface area contributed by atoms with Gasteiger partial charge in [-0.25, -0.2) is 8.42 Å². The van der Waals surface area contributed by atoms with Crippen LogP contribution in [0.2, 0.25) is 5.02 Å². The van der Waals surface area contributed by atoms with E-state index >= 15 is 0 Å². The Kier molecular flexibility index (Phi) is 7.26. The molecular formula is C26H26ClNO5S. The second-order valence-corrected chi connectivity index (χ2v) is 11.0. The number of hydrogen-bond donors (Lipinski definition) is 0. The minimum atomic E-state index is -4.00. The van der Waals surface area contributed by atoms with Gasteiger partial charge in [-0.1, -0.05) is 41.9 Å². The smallest absolute Gasteiger partial charge is 0.327 e. The van der Waals surface area contributed by atoms with Crippen LogP contribution in [0, 0.1) is 0 Å². The van der Waals surface area contributed by atoms with Gasteiger partial charge in [0.2, 0.25) is 0 Å². The quantitative estimate of drug-likeness (QED) is 0.420. The highest BCUT2D eigenvalue weighted by atomic mass is 35.5. The van der Waals surface area contributed by atoms with E-state index in [0.29, 0.717) is 36.2 Å². The van der Waals surface area contributed by atoms with E-state index in [-0.39, 0.29) is 17.7 Å². The highest BCUT2D eigenvalue weighted by Gasteiger charge is 2.53. The first-order valence-electron chi connectivity index (χ1n) is 11.0. The number of piperidine rings is 1. The van der Waals surface area contributed by atoms with Crippen molar-refractivity contribution in [1.82, 2.24) is 4.90 Å². The lowest BCUT2D eigenvalue weighted by molar-refractivity contribution is -0.145.